The van der Waals surface area contributed by atoms with Crippen LogP contribution < -0.4 is 19.5 Å². The predicted octanol–water partition coefficient (Wildman–Crippen LogP) is 4.00. The van der Waals surface area contributed by atoms with Crippen molar-refractivity contribution in [3.8, 4) is 17.2 Å². The van der Waals surface area contributed by atoms with Crippen LogP contribution in [0.4, 0.5) is 0 Å². The summed E-state index contributed by atoms with van der Waals surface area (Å²) >= 11 is 0. The fraction of sp³-hybridized carbons (Fsp3) is 0.500. The maximum Gasteiger partial charge on any atom is 0.161 e. The Morgan fingerprint density at radius 2 is 1.83 bits per heavy atom. The second kappa shape index (κ2) is 8.64. The van der Waals surface area contributed by atoms with Crippen LogP contribution in [0.2, 0.25) is 0 Å². The van der Waals surface area contributed by atoms with Crippen molar-refractivity contribution in [2.75, 3.05) is 27.8 Å². The van der Waals surface area contributed by atoms with Crippen LogP contribution in [0.3, 0.4) is 0 Å². The van der Waals surface area contributed by atoms with Gasteiger partial charge in [-0.1, -0.05) is 24.3 Å². The van der Waals surface area contributed by atoms with Gasteiger partial charge in [0.15, 0.2) is 11.5 Å². The third kappa shape index (κ3) is 4.36. The van der Waals surface area contributed by atoms with Crippen LogP contribution in [-0.2, 0) is 13.1 Å². The topological polar surface area (TPSA) is 43.0 Å². The number of ether oxygens (including phenoxy) is 3. The van der Waals surface area contributed by atoms with Gasteiger partial charge >= 0.3 is 0 Å². The van der Waals surface area contributed by atoms with Crippen LogP contribution in [-0.4, -0.2) is 44.4 Å². The molecular formula is C24H32N2O3. The van der Waals surface area contributed by atoms with E-state index in [1.165, 1.54) is 11.1 Å². The summed E-state index contributed by atoms with van der Waals surface area (Å²) in [6.45, 7) is 2.72. The summed E-state index contributed by atoms with van der Waals surface area (Å²) in [7, 11) is 5.58. The zero-order valence-electron chi connectivity index (χ0n) is 17.7. The zero-order chi connectivity index (χ0) is 20.3. The molecule has 1 fully saturated rings. The second-order valence-corrected chi connectivity index (χ2v) is 8.33. The largest absolute Gasteiger partial charge is 0.493 e. The van der Waals surface area contributed by atoms with Crippen molar-refractivity contribution in [3.63, 3.8) is 0 Å². The van der Waals surface area contributed by atoms with Gasteiger partial charge in [0, 0.05) is 31.2 Å². The minimum absolute atomic E-state index is 0.0761. The number of benzene rings is 2. The van der Waals surface area contributed by atoms with Gasteiger partial charge in [-0.15, -0.1) is 0 Å². The Labute approximate surface area is 174 Å². The van der Waals surface area contributed by atoms with Crippen molar-refractivity contribution in [2.24, 2.45) is 0 Å². The lowest BCUT2D eigenvalue weighted by Crippen LogP contribution is -2.50. The molecule has 0 atom stereocenters. The van der Waals surface area contributed by atoms with E-state index in [2.05, 4.69) is 53.7 Å². The molecule has 1 N–H and O–H groups in total. The van der Waals surface area contributed by atoms with E-state index in [9.17, 15) is 0 Å². The number of nitrogens with zero attached hydrogens (tertiary/aromatic N) is 1. The van der Waals surface area contributed by atoms with E-state index in [1.54, 1.807) is 14.2 Å². The first-order valence-corrected chi connectivity index (χ1v) is 10.5. The monoisotopic (exact) mass is 396 g/mol. The number of methoxy groups -OCH3 is 2. The molecule has 0 radical (unpaired) electrons. The Kier molecular flexibility index (Phi) is 5.97. The number of fused-ring (bicyclic) bond motifs is 1. The van der Waals surface area contributed by atoms with Crippen molar-refractivity contribution >= 4 is 0 Å². The molecule has 1 aliphatic carbocycles. The molecule has 2 aromatic carbocycles. The summed E-state index contributed by atoms with van der Waals surface area (Å²) in [4.78, 5) is 2.46. The molecule has 1 aliphatic heterocycles. The summed E-state index contributed by atoms with van der Waals surface area (Å²) in [5.41, 5.74) is 2.43. The van der Waals surface area contributed by atoms with Crippen LogP contribution in [0, 0.1) is 0 Å². The normalized spacial score (nSPS) is 23.9. The van der Waals surface area contributed by atoms with E-state index in [-0.39, 0.29) is 5.60 Å². The number of hydrogen-bond donors (Lipinski definition) is 1. The molecule has 0 saturated heterocycles. The molecule has 156 valence electrons. The number of hydrogen-bond acceptors (Lipinski definition) is 5. The Morgan fingerprint density at radius 1 is 1.07 bits per heavy atom. The van der Waals surface area contributed by atoms with Crippen LogP contribution in [0.15, 0.2) is 42.5 Å². The summed E-state index contributed by atoms with van der Waals surface area (Å²) in [5, 5.41) is 3.61. The van der Waals surface area contributed by atoms with Crippen LogP contribution in [0.25, 0.3) is 0 Å². The lowest BCUT2D eigenvalue weighted by atomic mass is 9.81. The highest BCUT2D eigenvalue weighted by Crippen LogP contribution is 2.37. The molecule has 0 aromatic heterocycles. The van der Waals surface area contributed by atoms with Gasteiger partial charge in [0.2, 0.25) is 0 Å². The highest BCUT2D eigenvalue weighted by molar-refractivity contribution is 5.42. The first kappa shape index (κ1) is 20.0. The van der Waals surface area contributed by atoms with E-state index < -0.39 is 0 Å². The SMILES string of the molecule is COc1ccc(CN(C)C2CCC3(CC2)CNCc2ccccc2O3)cc1OC. The Morgan fingerprint density at radius 3 is 2.59 bits per heavy atom. The van der Waals surface area contributed by atoms with E-state index in [1.807, 2.05) is 6.07 Å². The molecular weight excluding hydrogens is 364 g/mol. The quantitative estimate of drug-likeness (QED) is 0.828. The standard InChI is InChI=1S/C24H32N2O3/c1-26(16-18-8-9-22(27-2)23(14-18)28-3)20-10-12-24(13-11-20)17-25-15-19-6-4-5-7-21(19)29-24/h4-9,14,20,25H,10-13,15-17H2,1-3H3. The minimum Gasteiger partial charge on any atom is -0.493 e. The minimum atomic E-state index is -0.0761. The summed E-state index contributed by atoms with van der Waals surface area (Å²) in [6, 6.07) is 15.2. The number of rotatable bonds is 5. The average Bonchev–Trinajstić information content (AvgIpc) is 2.93. The molecule has 0 unspecified atom stereocenters. The Hall–Kier alpha value is -2.24. The van der Waals surface area contributed by atoms with Gasteiger partial charge in [0.25, 0.3) is 0 Å². The smallest absolute Gasteiger partial charge is 0.161 e. The lowest BCUT2D eigenvalue weighted by molar-refractivity contribution is 0.00872. The molecule has 0 amide bonds. The van der Waals surface area contributed by atoms with E-state index in [0.717, 1.165) is 62.6 Å². The van der Waals surface area contributed by atoms with Gasteiger partial charge in [-0.2, -0.15) is 0 Å². The maximum atomic E-state index is 6.58. The van der Waals surface area contributed by atoms with Gasteiger partial charge < -0.3 is 19.5 Å². The van der Waals surface area contributed by atoms with E-state index in [0.29, 0.717) is 6.04 Å². The molecule has 1 spiro atoms. The highest BCUT2D eigenvalue weighted by Gasteiger charge is 2.39. The van der Waals surface area contributed by atoms with Gasteiger partial charge in [-0.25, -0.2) is 0 Å². The van der Waals surface area contributed by atoms with Crippen LogP contribution in [0.1, 0.15) is 36.8 Å². The molecule has 2 aliphatic rings. The van der Waals surface area contributed by atoms with Gasteiger partial charge in [0.1, 0.15) is 11.4 Å². The van der Waals surface area contributed by atoms with Crippen molar-refractivity contribution < 1.29 is 14.2 Å². The number of nitrogens with one attached hydrogen (secondary N) is 1. The number of para-hydroxylation sites is 1. The van der Waals surface area contributed by atoms with Gasteiger partial charge in [-0.05, 0) is 56.5 Å². The molecule has 29 heavy (non-hydrogen) atoms. The van der Waals surface area contributed by atoms with E-state index >= 15 is 0 Å². The van der Waals surface area contributed by atoms with Crippen molar-refractivity contribution in [2.45, 2.75) is 50.4 Å². The predicted molar refractivity (Wildman–Crippen MR) is 115 cm³/mol. The molecule has 5 heteroatoms. The van der Waals surface area contributed by atoms with Crippen molar-refractivity contribution in [1.82, 2.24) is 10.2 Å². The van der Waals surface area contributed by atoms with Crippen molar-refractivity contribution in [3.05, 3.63) is 53.6 Å². The Bertz CT molecular complexity index is 831. The summed E-state index contributed by atoms with van der Waals surface area (Å²) < 4.78 is 17.4. The fourth-order valence-corrected chi connectivity index (χ4v) is 4.69. The first-order chi connectivity index (χ1) is 14.1. The Balaban J connectivity index is 1.38. The van der Waals surface area contributed by atoms with Crippen molar-refractivity contribution in [1.29, 1.82) is 0 Å². The lowest BCUT2D eigenvalue weighted by Gasteiger charge is -2.42. The fourth-order valence-electron chi connectivity index (χ4n) is 4.69. The third-order valence-electron chi connectivity index (χ3n) is 6.43. The maximum absolute atomic E-state index is 6.58. The molecule has 1 heterocycles. The van der Waals surface area contributed by atoms with Gasteiger partial charge in [-0.3, -0.25) is 4.90 Å². The summed E-state index contributed by atoms with van der Waals surface area (Å²) in [6.07, 6.45) is 4.45. The first-order valence-electron chi connectivity index (χ1n) is 10.5. The third-order valence-corrected chi connectivity index (χ3v) is 6.43. The second-order valence-electron chi connectivity index (χ2n) is 8.33. The van der Waals surface area contributed by atoms with E-state index in [4.69, 9.17) is 14.2 Å². The van der Waals surface area contributed by atoms with Crippen LogP contribution >= 0.6 is 0 Å². The molecule has 4 rings (SSSR count). The van der Waals surface area contributed by atoms with Gasteiger partial charge in [0.05, 0.1) is 14.2 Å². The summed E-state index contributed by atoms with van der Waals surface area (Å²) in [5.74, 6) is 2.61. The molecule has 5 nitrogen and oxygen atoms in total. The molecule has 0 bridgehead atoms. The average molecular weight is 397 g/mol. The highest BCUT2D eigenvalue weighted by atomic mass is 16.5. The zero-order valence-corrected chi connectivity index (χ0v) is 17.7. The molecule has 1 saturated carbocycles. The van der Waals surface area contributed by atoms with Crippen LogP contribution in [0.5, 0.6) is 17.2 Å². The molecule has 2 aromatic rings.